The van der Waals surface area contributed by atoms with E-state index in [9.17, 15) is 24.5 Å². The number of nitrogens with zero attached hydrogens (tertiary/aromatic N) is 1. The predicted octanol–water partition coefficient (Wildman–Crippen LogP) is 2.97. The van der Waals surface area contributed by atoms with E-state index in [1.807, 2.05) is 19.1 Å². The van der Waals surface area contributed by atoms with Crippen LogP contribution in [0.15, 0.2) is 42.5 Å². The van der Waals surface area contributed by atoms with Gasteiger partial charge in [-0.2, -0.15) is 0 Å². The van der Waals surface area contributed by atoms with Crippen molar-refractivity contribution in [2.75, 3.05) is 13.2 Å². The number of nitrogens with one attached hydrogen (secondary N) is 1. The first kappa shape index (κ1) is 21.0. The zero-order chi connectivity index (χ0) is 20.7. The maximum Gasteiger partial charge on any atom is 0.325 e. The fraction of sp³-hybridized carbons (Fsp3) is 0.211. The molecule has 9 heteroatoms. The number of carbonyl (C=O) groups excluding carboxylic acids is 3. The fourth-order valence-electron chi connectivity index (χ4n) is 2.26. The largest absolute Gasteiger partial charge is 0.456 e. The van der Waals surface area contributed by atoms with Gasteiger partial charge in [0, 0.05) is 17.2 Å². The van der Waals surface area contributed by atoms with Gasteiger partial charge < -0.3 is 10.1 Å². The highest BCUT2D eigenvalue weighted by Crippen LogP contribution is 2.24. The number of Topliss-reactive ketones (excluding diaryl/α,β-unsaturated/α-hetero) is 1. The number of benzene rings is 2. The van der Waals surface area contributed by atoms with Crippen molar-refractivity contribution in [3.63, 3.8) is 0 Å². The molecule has 0 aliphatic rings. The standard InChI is InChI=1S/C19H17ClN2O6/c1-2-12-3-5-13(6-4-12)17(23)11-28-18(24)10-21-19(25)14-7-8-15(20)16(9-14)22(26)27/h3-9H,2,10-11H2,1H3,(H,21,25). The van der Waals surface area contributed by atoms with Crippen molar-refractivity contribution >= 4 is 34.9 Å². The van der Waals surface area contributed by atoms with Crippen LogP contribution in [0, 0.1) is 10.1 Å². The summed E-state index contributed by atoms with van der Waals surface area (Å²) in [6.07, 6.45) is 0.847. The average Bonchev–Trinajstić information content (AvgIpc) is 2.70. The Morgan fingerprint density at radius 1 is 1.11 bits per heavy atom. The van der Waals surface area contributed by atoms with Crippen molar-refractivity contribution in [1.29, 1.82) is 0 Å². The SMILES string of the molecule is CCc1ccc(C(=O)COC(=O)CNC(=O)c2ccc(Cl)c([N+](=O)[O-])c2)cc1. The van der Waals surface area contributed by atoms with Crippen molar-refractivity contribution in [2.45, 2.75) is 13.3 Å². The van der Waals surface area contributed by atoms with Crippen molar-refractivity contribution in [2.24, 2.45) is 0 Å². The lowest BCUT2D eigenvalue weighted by atomic mass is 10.1. The lowest BCUT2D eigenvalue weighted by molar-refractivity contribution is -0.384. The minimum Gasteiger partial charge on any atom is -0.456 e. The summed E-state index contributed by atoms with van der Waals surface area (Å²) in [5.41, 5.74) is 1.05. The van der Waals surface area contributed by atoms with Crippen LogP contribution in [0.5, 0.6) is 0 Å². The van der Waals surface area contributed by atoms with Gasteiger partial charge in [-0.3, -0.25) is 24.5 Å². The lowest BCUT2D eigenvalue weighted by Gasteiger charge is -2.07. The van der Waals surface area contributed by atoms with Gasteiger partial charge in [-0.1, -0.05) is 42.8 Å². The van der Waals surface area contributed by atoms with Gasteiger partial charge in [-0.15, -0.1) is 0 Å². The van der Waals surface area contributed by atoms with E-state index >= 15 is 0 Å². The summed E-state index contributed by atoms with van der Waals surface area (Å²) in [6.45, 7) is 1.05. The smallest absolute Gasteiger partial charge is 0.325 e. The van der Waals surface area contributed by atoms with Crippen LogP contribution >= 0.6 is 11.6 Å². The minimum absolute atomic E-state index is 0.0315. The number of nitro groups is 1. The molecule has 1 amide bonds. The van der Waals surface area contributed by atoms with Crippen LogP contribution in [-0.2, 0) is 16.0 Å². The van der Waals surface area contributed by atoms with Gasteiger partial charge in [0.1, 0.15) is 11.6 Å². The highest BCUT2D eigenvalue weighted by molar-refractivity contribution is 6.32. The quantitative estimate of drug-likeness (QED) is 0.313. The third-order valence-corrected chi connectivity index (χ3v) is 4.17. The third kappa shape index (κ3) is 5.62. The molecule has 0 heterocycles. The van der Waals surface area contributed by atoms with Crippen molar-refractivity contribution in [3.05, 3.63) is 74.3 Å². The predicted molar refractivity (Wildman–Crippen MR) is 102 cm³/mol. The van der Waals surface area contributed by atoms with Crippen LogP contribution < -0.4 is 5.32 Å². The summed E-state index contributed by atoms with van der Waals surface area (Å²) in [6, 6.07) is 10.5. The second-order valence-electron chi connectivity index (χ2n) is 5.74. The van der Waals surface area contributed by atoms with Crippen LogP contribution in [-0.4, -0.2) is 35.7 Å². The molecule has 0 saturated heterocycles. The second-order valence-corrected chi connectivity index (χ2v) is 6.15. The molecule has 0 bridgehead atoms. The van der Waals surface area contributed by atoms with E-state index < -0.39 is 35.6 Å². The summed E-state index contributed by atoms with van der Waals surface area (Å²) in [4.78, 5) is 45.9. The van der Waals surface area contributed by atoms with Crippen LogP contribution in [0.2, 0.25) is 5.02 Å². The van der Waals surface area contributed by atoms with Gasteiger partial charge in [-0.05, 0) is 24.1 Å². The minimum atomic E-state index is -0.810. The Hall–Kier alpha value is -3.26. The van der Waals surface area contributed by atoms with Gasteiger partial charge in [0.15, 0.2) is 12.4 Å². The molecule has 0 radical (unpaired) electrons. The van der Waals surface area contributed by atoms with E-state index in [2.05, 4.69) is 5.32 Å². The van der Waals surface area contributed by atoms with Gasteiger partial charge in [0.2, 0.25) is 0 Å². The average molecular weight is 405 g/mol. The molecule has 0 aromatic heterocycles. The van der Waals surface area contributed by atoms with Crippen LogP contribution in [0.1, 0.15) is 33.2 Å². The zero-order valence-electron chi connectivity index (χ0n) is 14.9. The van der Waals surface area contributed by atoms with Gasteiger partial charge in [0.25, 0.3) is 11.6 Å². The first-order chi connectivity index (χ1) is 13.3. The Bertz CT molecular complexity index is 911. The van der Waals surface area contributed by atoms with Crippen molar-refractivity contribution in [1.82, 2.24) is 5.32 Å². The molecule has 8 nitrogen and oxygen atoms in total. The second kappa shape index (κ2) is 9.61. The lowest BCUT2D eigenvalue weighted by Crippen LogP contribution is -2.31. The van der Waals surface area contributed by atoms with Gasteiger partial charge in [-0.25, -0.2) is 0 Å². The van der Waals surface area contributed by atoms with Gasteiger partial charge in [0.05, 0.1) is 4.92 Å². The number of hydrogen-bond acceptors (Lipinski definition) is 6. The summed E-state index contributed by atoms with van der Waals surface area (Å²) < 4.78 is 4.85. The number of rotatable bonds is 8. The monoisotopic (exact) mass is 404 g/mol. The summed E-state index contributed by atoms with van der Waals surface area (Å²) >= 11 is 5.68. The van der Waals surface area contributed by atoms with Crippen molar-refractivity contribution in [3.8, 4) is 0 Å². The number of hydrogen-bond donors (Lipinski definition) is 1. The Morgan fingerprint density at radius 2 is 1.75 bits per heavy atom. The maximum atomic E-state index is 12.0. The zero-order valence-corrected chi connectivity index (χ0v) is 15.7. The first-order valence-electron chi connectivity index (χ1n) is 8.31. The maximum absolute atomic E-state index is 12.0. The van der Waals surface area contributed by atoms with Crippen LogP contribution in [0.4, 0.5) is 5.69 Å². The highest BCUT2D eigenvalue weighted by atomic mass is 35.5. The van der Waals surface area contributed by atoms with E-state index in [4.69, 9.17) is 16.3 Å². The van der Waals surface area contributed by atoms with Gasteiger partial charge >= 0.3 is 5.97 Å². The molecule has 0 aliphatic carbocycles. The number of nitro benzene ring substituents is 1. The molecule has 1 N–H and O–H groups in total. The Balaban J connectivity index is 1.84. The number of aryl methyl sites for hydroxylation is 1. The Kier molecular flexibility index (Phi) is 7.22. The molecule has 0 unspecified atom stereocenters. The fourth-order valence-corrected chi connectivity index (χ4v) is 2.44. The molecule has 0 saturated carbocycles. The number of ketones is 1. The molecule has 0 aliphatic heterocycles. The van der Waals surface area contributed by atoms with E-state index in [1.54, 1.807) is 12.1 Å². The molecule has 0 spiro atoms. The molecule has 146 valence electrons. The molecular formula is C19H17ClN2O6. The van der Waals surface area contributed by atoms with Crippen LogP contribution in [0.3, 0.4) is 0 Å². The highest BCUT2D eigenvalue weighted by Gasteiger charge is 2.17. The first-order valence-corrected chi connectivity index (χ1v) is 8.69. The molecule has 0 fully saturated rings. The molecule has 28 heavy (non-hydrogen) atoms. The summed E-state index contributed by atoms with van der Waals surface area (Å²) in [7, 11) is 0. The molecule has 0 atom stereocenters. The topological polar surface area (TPSA) is 116 Å². The number of esters is 1. The summed E-state index contributed by atoms with van der Waals surface area (Å²) in [5.74, 6) is -1.89. The van der Waals surface area contributed by atoms with Crippen LogP contribution in [0.25, 0.3) is 0 Å². The van der Waals surface area contributed by atoms with E-state index in [-0.39, 0.29) is 16.4 Å². The van der Waals surface area contributed by atoms with E-state index in [0.29, 0.717) is 5.56 Å². The number of amides is 1. The number of ether oxygens (including phenoxy) is 1. The Labute approximate surface area is 165 Å². The molecular weight excluding hydrogens is 388 g/mol. The molecule has 2 aromatic carbocycles. The summed E-state index contributed by atoms with van der Waals surface area (Å²) in [5, 5.41) is 13.0. The number of halogens is 1. The number of carbonyl (C=O) groups is 3. The van der Waals surface area contributed by atoms with E-state index in [1.165, 1.54) is 12.1 Å². The third-order valence-electron chi connectivity index (χ3n) is 3.85. The molecule has 2 rings (SSSR count). The van der Waals surface area contributed by atoms with E-state index in [0.717, 1.165) is 18.1 Å². The molecule has 2 aromatic rings. The Morgan fingerprint density at radius 3 is 2.36 bits per heavy atom. The van der Waals surface area contributed by atoms with Crippen molar-refractivity contribution < 1.29 is 24.0 Å². The normalized spacial score (nSPS) is 10.2.